The molecule has 30 heavy (non-hydrogen) atoms. The summed E-state index contributed by atoms with van der Waals surface area (Å²) in [5, 5.41) is 2.74. The van der Waals surface area contributed by atoms with Crippen molar-refractivity contribution in [3.8, 4) is 5.75 Å². The average Bonchev–Trinajstić information content (AvgIpc) is 2.77. The lowest BCUT2D eigenvalue weighted by Crippen LogP contribution is -2.49. The van der Waals surface area contributed by atoms with E-state index in [0.29, 0.717) is 42.2 Å². The van der Waals surface area contributed by atoms with Crippen LogP contribution in [0.25, 0.3) is 0 Å². The Balaban J connectivity index is 1.75. The Hall–Kier alpha value is -2.24. The van der Waals surface area contributed by atoms with E-state index in [2.05, 4.69) is 10.2 Å². The van der Waals surface area contributed by atoms with E-state index < -0.39 is 6.09 Å². The maximum atomic E-state index is 13.5. The van der Waals surface area contributed by atoms with E-state index in [1.807, 2.05) is 13.8 Å². The molecule has 0 radical (unpaired) electrons. The first-order chi connectivity index (χ1) is 14.6. The minimum atomic E-state index is -0.481. The monoisotopic (exact) mass is 416 g/mol. The van der Waals surface area contributed by atoms with Gasteiger partial charge in [-0.3, -0.25) is 10.1 Å². The molecule has 6 heteroatoms. The quantitative estimate of drug-likeness (QED) is 0.559. The van der Waals surface area contributed by atoms with Crippen LogP contribution in [0, 0.1) is 5.92 Å². The summed E-state index contributed by atoms with van der Waals surface area (Å²) in [7, 11) is 0. The predicted octanol–water partition coefficient (Wildman–Crippen LogP) is 5.62. The molecule has 0 bridgehead atoms. The molecular weight excluding hydrogens is 380 g/mol. The summed E-state index contributed by atoms with van der Waals surface area (Å²) in [6.45, 7) is 5.82. The number of hydrogen-bond acceptors (Lipinski definition) is 4. The Labute approximate surface area is 180 Å². The second-order valence-corrected chi connectivity index (χ2v) is 8.43. The van der Waals surface area contributed by atoms with Gasteiger partial charge in [-0.25, -0.2) is 4.79 Å². The van der Waals surface area contributed by atoms with Gasteiger partial charge in [-0.1, -0.05) is 33.1 Å². The van der Waals surface area contributed by atoms with Gasteiger partial charge in [-0.05, 0) is 56.6 Å². The summed E-state index contributed by atoms with van der Waals surface area (Å²) < 4.78 is 11.1. The third-order valence-corrected chi connectivity index (χ3v) is 6.16. The molecule has 1 saturated heterocycles. The van der Waals surface area contributed by atoms with E-state index in [9.17, 15) is 9.59 Å². The lowest BCUT2D eigenvalue weighted by Gasteiger charge is -2.44. The number of ether oxygens (including phenoxy) is 2. The SMILES string of the molecule is CCCCOC(=O)Nc1ccc(C(=O)N2CCC[C@H]3CCCC[C@H]32)c(OCCC)c1. The molecule has 2 fully saturated rings. The highest BCUT2D eigenvalue weighted by Crippen LogP contribution is 2.37. The molecule has 1 aliphatic carbocycles. The fourth-order valence-electron chi connectivity index (χ4n) is 4.60. The largest absolute Gasteiger partial charge is 0.493 e. The van der Waals surface area contributed by atoms with Crippen molar-refractivity contribution in [3.63, 3.8) is 0 Å². The number of rotatable bonds is 8. The van der Waals surface area contributed by atoms with Crippen LogP contribution in [0.1, 0.15) is 82.0 Å². The number of piperidine rings is 1. The van der Waals surface area contributed by atoms with Crippen LogP contribution in [-0.4, -0.2) is 42.7 Å². The normalized spacial score (nSPS) is 20.9. The first kappa shape index (κ1) is 22.4. The number of fused-ring (bicyclic) bond motifs is 1. The number of benzene rings is 1. The van der Waals surface area contributed by atoms with Gasteiger partial charge in [0, 0.05) is 24.3 Å². The van der Waals surface area contributed by atoms with Crippen LogP contribution in [0.5, 0.6) is 5.75 Å². The van der Waals surface area contributed by atoms with Crippen LogP contribution in [0.4, 0.5) is 10.5 Å². The zero-order valence-corrected chi connectivity index (χ0v) is 18.5. The molecule has 2 atom stereocenters. The van der Waals surface area contributed by atoms with Crippen LogP contribution in [0.2, 0.25) is 0 Å². The van der Waals surface area contributed by atoms with Gasteiger partial charge in [-0.15, -0.1) is 0 Å². The number of carbonyl (C=O) groups excluding carboxylic acids is 2. The number of anilines is 1. The lowest BCUT2D eigenvalue weighted by atomic mass is 9.78. The number of carbonyl (C=O) groups is 2. The van der Waals surface area contributed by atoms with E-state index >= 15 is 0 Å². The van der Waals surface area contributed by atoms with Gasteiger partial charge in [0.25, 0.3) is 5.91 Å². The highest BCUT2D eigenvalue weighted by molar-refractivity contribution is 5.98. The van der Waals surface area contributed by atoms with Gasteiger partial charge < -0.3 is 14.4 Å². The molecule has 0 spiro atoms. The Morgan fingerprint density at radius 3 is 2.67 bits per heavy atom. The summed E-state index contributed by atoms with van der Waals surface area (Å²) in [6.07, 6.45) is 9.29. The topological polar surface area (TPSA) is 67.9 Å². The van der Waals surface area contributed by atoms with E-state index in [1.165, 1.54) is 25.7 Å². The molecule has 0 aromatic heterocycles. The number of hydrogen-bond donors (Lipinski definition) is 1. The fourth-order valence-corrected chi connectivity index (χ4v) is 4.60. The van der Waals surface area contributed by atoms with Crippen molar-refractivity contribution in [2.45, 2.75) is 77.7 Å². The summed E-state index contributed by atoms with van der Waals surface area (Å²) in [4.78, 5) is 27.5. The zero-order chi connectivity index (χ0) is 21.3. The number of amides is 2. The summed E-state index contributed by atoms with van der Waals surface area (Å²) in [6, 6.07) is 5.63. The first-order valence-corrected chi connectivity index (χ1v) is 11.7. The smallest absolute Gasteiger partial charge is 0.411 e. The molecule has 1 aliphatic heterocycles. The van der Waals surface area contributed by atoms with Crippen LogP contribution >= 0.6 is 0 Å². The van der Waals surface area contributed by atoms with Crippen molar-refractivity contribution in [3.05, 3.63) is 23.8 Å². The van der Waals surface area contributed by atoms with Gasteiger partial charge in [0.15, 0.2) is 0 Å². The molecule has 1 N–H and O–H groups in total. The minimum absolute atomic E-state index is 0.0507. The number of nitrogens with one attached hydrogen (secondary N) is 1. The number of unbranched alkanes of at least 4 members (excludes halogenated alkanes) is 1. The molecule has 1 aromatic rings. The molecule has 1 saturated carbocycles. The highest BCUT2D eigenvalue weighted by Gasteiger charge is 2.36. The molecule has 6 nitrogen and oxygen atoms in total. The molecule has 1 heterocycles. The molecule has 3 rings (SSSR count). The van der Waals surface area contributed by atoms with Crippen molar-refractivity contribution in [2.24, 2.45) is 5.92 Å². The second kappa shape index (κ2) is 11.2. The number of likely N-dealkylation sites (tertiary alicyclic amines) is 1. The molecule has 1 aromatic carbocycles. The number of nitrogens with zero attached hydrogens (tertiary/aromatic N) is 1. The summed E-state index contributed by atoms with van der Waals surface area (Å²) in [5.41, 5.74) is 1.16. The van der Waals surface area contributed by atoms with Crippen molar-refractivity contribution in [2.75, 3.05) is 25.1 Å². The molecular formula is C24H36N2O4. The molecule has 2 amide bonds. The Morgan fingerprint density at radius 1 is 1.07 bits per heavy atom. The average molecular weight is 417 g/mol. The molecule has 2 aliphatic rings. The van der Waals surface area contributed by atoms with E-state index in [1.54, 1.807) is 18.2 Å². The molecule has 166 valence electrons. The van der Waals surface area contributed by atoms with Gasteiger partial charge in [0.05, 0.1) is 18.8 Å². The highest BCUT2D eigenvalue weighted by atomic mass is 16.5. The van der Waals surface area contributed by atoms with Crippen molar-refractivity contribution in [1.82, 2.24) is 4.90 Å². The first-order valence-electron chi connectivity index (χ1n) is 11.7. The third-order valence-electron chi connectivity index (χ3n) is 6.16. The Bertz CT molecular complexity index is 719. The van der Waals surface area contributed by atoms with Crippen molar-refractivity contribution < 1.29 is 19.1 Å². The van der Waals surface area contributed by atoms with E-state index in [-0.39, 0.29) is 5.91 Å². The summed E-state index contributed by atoms with van der Waals surface area (Å²) >= 11 is 0. The van der Waals surface area contributed by atoms with E-state index in [4.69, 9.17) is 9.47 Å². The Morgan fingerprint density at radius 2 is 1.87 bits per heavy atom. The zero-order valence-electron chi connectivity index (χ0n) is 18.5. The fraction of sp³-hybridized carbons (Fsp3) is 0.667. The summed E-state index contributed by atoms with van der Waals surface area (Å²) in [5.74, 6) is 1.22. The van der Waals surface area contributed by atoms with Gasteiger partial charge in [0.2, 0.25) is 0 Å². The van der Waals surface area contributed by atoms with E-state index in [0.717, 1.165) is 38.6 Å². The van der Waals surface area contributed by atoms with Crippen LogP contribution in [0.3, 0.4) is 0 Å². The Kier molecular flexibility index (Phi) is 8.40. The standard InChI is InChI=1S/C24H36N2O4/c1-3-5-16-30-24(28)25-19-12-13-20(22(17-19)29-15-4-2)23(27)26-14-8-10-18-9-6-7-11-21(18)26/h12-13,17-18,21H,3-11,14-16H2,1-2H3,(H,25,28)/t18-,21-/m1/s1. The third kappa shape index (κ3) is 5.67. The van der Waals surface area contributed by atoms with Gasteiger partial charge in [-0.2, -0.15) is 0 Å². The van der Waals surface area contributed by atoms with Crippen LogP contribution in [0.15, 0.2) is 18.2 Å². The second-order valence-electron chi connectivity index (χ2n) is 8.43. The van der Waals surface area contributed by atoms with Crippen molar-refractivity contribution in [1.29, 1.82) is 0 Å². The maximum Gasteiger partial charge on any atom is 0.411 e. The van der Waals surface area contributed by atoms with Crippen LogP contribution in [-0.2, 0) is 4.74 Å². The maximum absolute atomic E-state index is 13.5. The van der Waals surface area contributed by atoms with Gasteiger partial charge in [0.1, 0.15) is 5.75 Å². The van der Waals surface area contributed by atoms with Gasteiger partial charge >= 0.3 is 6.09 Å². The minimum Gasteiger partial charge on any atom is -0.493 e. The lowest BCUT2D eigenvalue weighted by molar-refractivity contribution is 0.0387. The van der Waals surface area contributed by atoms with Crippen molar-refractivity contribution >= 4 is 17.7 Å². The predicted molar refractivity (Wildman–Crippen MR) is 118 cm³/mol. The van der Waals surface area contributed by atoms with Crippen LogP contribution < -0.4 is 10.1 Å². The molecule has 0 unspecified atom stereocenters.